The molecular formula is C28H36N4O4. The standard InChI is InChI=1S/C28H36N4O4/c1-19(22-11-10-20-8-6-7-9-23(20)18-22)12-15-30-26(29)32-16-13-21(14-17-32)24(25(33)35-5)31-27(34)36-28(2,3)4/h6-12,15,18,21,24H,1,13-14,16-17H2,2-5H3,(H2,29,30)(H,31,34)/b15-12-. The third-order valence-electron chi connectivity index (χ3n) is 6.07. The Bertz CT molecular complexity index is 1160. The van der Waals surface area contributed by atoms with Gasteiger partial charge in [-0.2, -0.15) is 0 Å². The number of alkyl carbamates (subject to hydrolysis) is 1. The van der Waals surface area contributed by atoms with Gasteiger partial charge in [0.15, 0.2) is 5.96 Å². The molecule has 192 valence electrons. The van der Waals surface area contributed by atoms with Crippen LogP contribution in [0.1, 0.15) is 39.2 Å². The summed E-state index contributed by atoms with van der Waals surface area (Å²) in [5.41, 5.74) is 7.42. The molecule has 8 heteroatoms. The lowest BCUT2D eigenvalue weighted by atomic mass is 9.89. The van der Waals surface area contributed by atoms with Crippen molar-refractivity contribution in [3.63, 3.8) is 0 Å². The minimum atomic E-state index is -0.782. The highest BCUT2D eigenvalue weighted by Gasteiger charge is 2.35. The second-order valence-electron chi connectivity index (χ2n) is 9.86. The molecule has 2 aromatic carbocycles. The summed E-state index contributed by atoms with van der Waals surface area (Å²) in [5.74, 6) is -0.195. The summed E-state index contributed by atoms with van der Waals surface area (Å²) in [6.07, 6.45) is 4.12. The summed E-state index contributed by atoms with van der Waals surface area (Å²) in [7, 11) is 1.31. The number of hydrogen-bond acceptors (Lipinski definition) is 5. The molecule has 0 radical (unpaired) electrons. The molecule has 1 amide bonds. The predicted molar refractivity (Wildman–Crippen MR) is 143 cm³/mol. The van der Waals surface area contributed by atoms with E-state index in [0.717, 1.165) is 16.5 Å². The van der Waals surface area contributed by atoms with Gasteiger partial charge in [-0.15, -0.1) is 0 Å². The van der Waals surface area contributed by atoms with Crippen molar-refractivity contribution in [3.8, 4) is 0 Å². The number of esters is 1. The Morgan fingerprint density at radius 1 is 1.17 bits per heavy atom. The Labute approximate surface area is 212 Å². The molecule has 1 atom stereocenters. The highest BCUT2D eigenvalue weighted by atomic mass is 16.6. The van der Waals surface area contributed by atoms with Gasteiger partial charge < -0.3 is 25.4 Å². The summed E-state index contributed by atoms with van der Waals surface area (Å²) in [6.45, 7) is 10.7. The number of amides is 1. The molecule has 3 N–H and O–H groups in total. The van der Waals surface area contributed by atoms with Gasteiger partial charge in [-0.25, -0.2) is 14.6 Å². The van der Waals surface area contributed by atoms with E-state index in [-0.39, 0.29) is 5.92 Å². The minimum Gasteiger partial charge on any atom is -0.467 e. The number of aliphatic imine (C=N–C) groups is 1. The Kier molecular flexibility index (Phi) is 8.74. The molecule has 0 saturated carbocycles. The summed E-state index contributed by atoms with van der Waals surface area (Å²) >= 11 is 0. The number of carbonyl (C=O) groups excluding carboxylic acids is 2. The number of guanidine groups is 1. The van der Waals surface area contributed by atoms with Crippen LogP contribution in [0.4, 0.5) is 4.79 Å². The first-order valence-electron chi connectivity index (χ1n) is 12.1. The lowest BCUT2D eigenvalue weighted by Gasteiger charge is -2.35. The number of rotatable bonds is 6. The number of nitrogens with two attached hydrogens (primary N) is 1. The average molecular weight is 493 g/mol. The molecule has 36 heavy (non-hydrogen) atoms. The van der Waals surface area contributed by atoms with E-state index >= 15 is 0 Å². The number of hydrogen-bond donors (Lipinski definition) is 2. The Balaban J connectivity index is 1.57. The van der Waals surface area contributed by atoms with Crippen LogP contribution in [0.3, 0.4) is 0 Å². The highest BCUT2D eigenvalue weighted by molar-refractivity contribution is 5.87. The van der Waals surface area contributed by atoms with Crippen molar-refractivity contribution in [2.75, 3.05) is 20.2 Å². The van der Waals surface area contributed by atoms with Crippen LogP contribution in [0.25, 0.3) is 16.3 Å². The monoisotopic (exact) mass is 492 g/mol. The van der Waals surface area contributed by atoms with Crippen molar-refractivity contribution in [1.82, 2.24) is 10.2 Å². The maximum Gasteiger partial charge on any atom is 0.408 e. The van der Waals surface area contributed by atoms with Gasteiger partial charge in [-0.3, -0.25) is 0 Å². The topological polar surface area (TPSA) is 106 Å². The second kappa shape index (κ2) is 11.7. The van der Waals surface area contributed by atoms with E-state index in [2.05, 4.69) is 41.2 Å². The minimum absolute atomic E-state index is 0.0998. The normalized spacial score (nSPS) is 16.1. The van der Waals surface area contributed by atoms with Crippen LogP contribution in [-0.4, -0.2) is 54.8 Å². The summed E-state index contributed by atoms with van der Waals surface area (Å²) < 4.78 is 10.2. The van der Waals surface area contributed by atoms with Crippen molar-refractivity contribution < 1.29 is 19.1 Å². The first kappa shape index (κ1) is 26.8. The second-order valence-corrected chi connectivity index (χ2v) is 9.86. The lowest BCUT2D eigenvalue weighted by Crippen LogP contribution is -2.52. The van der Waals surface area contributed by atoms with Gasteiger partial charge in [0.25, 0.3) is 0 Å². The van der Waals surface area contributed by atoms with E-state index in [9.17, 15) is 9.59 Å². The summed E-state index contributed by atoms with van der Waals surface area (Å²) in [4.78, 5) is 30.9. The van der Waals surface area contributed by atoms with E-state index in [0.29, 0.717) is 31.9 Å². The number of nitrogens with zero attached hydrogens (tertiary/aromatic N) is 2. The molecule has 1 saturated heterocycles. The summed E-state index contributed by atoms with van der Waals surface area (Å²) in [6, 6.07) is 13.6. The Morgan fingerprint density at radius 3 is 2.47 bits per heavy atom. The number of nitrogens with one attached hydrogen (secondary N) is 1. The van der Waals surface area contributed by atoms with E-state index in [1.807, 2.05) is 29.2 Å². The first-order valence-corrected chi connectivity index (χ1v) is 12.1. The molecule has 1 heterocycles. The van der Waals surface area contributed by atoms with Crippen molar-refractivity contribution in [2.24, 2.45) is 16.6 Å². The molecule has 2 aromatic rings. The maximum atomic E-state index is 12.4. The molecule has 8 nitrogen and oxygen atoms in total. The van der Waals surface area contributed by atoms with Gasteiger partial charge in [0, 0.05) is 19.3 Å². The van der Waals surface area contributed by atoms with Crippen LogP contribution in [0, 0.1) is 5.92 Å². The fourth-order valence-electron chi connectivity index (χ4n) is 4.16. The molecular weight excluding hydrogens is 456 g/mol. The van der Waals surface area contributed by atoms with Gasteiger partial charge in [0.1, 0.15) is 11.6 Å². The molecule has 0 spiro atoms. The Morgan fingerprint density at radius 2 is 1.83 bits per heavy atom. The van der Waals surface area contributed by atoms with Crippen LogP contribution in [0.5, 0.6) is 0 Å². The number of allylic oxidation sites excluding steroid dienone is 2. The predicted octanol–water partition coefficient (Wildman–Crippen LogP) is 4.46. The van der Waals surface area contributed by atoms with Crippen LogP contribution in [-0.2, 0) is 14.3 Å². The number of methoxy groups -OCH3 is 1. The van der Waals surface area contributed by atoms with Crippen LogP contribution >= 0.6 is 0 Å². The summed E-state index contributed by atoms with van der Waals surface area (Å²) in [5, 5.41) is 5.01. The SMILES string of the molecule is C=C(/C=C\N=C(N)N1CCC(C(NC(=O)OC(C)(C)C)C(=O)OC)CC1)c1ccc2ccccc2c1. The van der Waals surface area contributed by atoms with Crippen molar-refractivity contribution in [2.45, 2.75) is 45.3 Å². The zero-order chi connectivity index (χ0) is 26.3. The smallest absolute Gasteiger partial charge is 0.408 e. The fraction of sp³-hybridized carbons (Fsp3) is 0.393. The first-order chi connectivity index (χ1) is 17.1. The van der Waals surface area contributed by atoms with E-state index in [1.54, 1.807) is 27.0 Å². The average Bonchev–Trinajstić information content (AvgIpc) is 2.85. The van der Waals surface area contributed by atoms with E-state index < -0.39 is 23.7 Å². The number of likely N-dealkylation sites (tertiary alicyclic amines) is 1. The van der Waals surface area contributed by atoms with Gasteiger partial charge in [0.05, 0.1) is 7.11 Å². The maximum absolute atomic E-state index is 12.4. The molecule has 0 aliphatic carbocycles. The molecule has 0 bridgehead atoms. The van der Waals surface area contributed by atoms with Crippen molar-refractivity contribution in [1.29, 1.82) is 0 Å². The number of piperidine rings is 1. The zero-order valence-corrected chi connectivity index (χ0v) is 21.5. The molecule has 1 fully saturated rings. The van der Waals surface area contributed by atoms with Crippen molar-refractivity contribution >= 4 is 34.4 Å². The fourth-order valence-corrected chi connectivity index (χ4v) is 4.16. The highest BCUT2D eigenvalue weighted by Crippen LogP contribution is 2.23. The molecule has 1 unspecified atom stereocenters. The number of ether oxygens (including phenoxy) is 2. The van der Waals surface area contributed by atoms with Gasteiger partial charge in [0.2, 0.25) is 0 Å². The third kappa shape index (κ3) is 7.34. The van der Waals surface area contributed by atoms with Crippen molar-refractivity contribution in [3.05, 3.63) is 66.9 Å². The molecule has 0 aromatic heterocycles. The van der Waals surface area contributed by atoms with E-state index in [1.165, 1.54) is 12.5 Å². The van der Waals surface area contributed by atoms with Gasteiger partial charge in [-0.05, 0) is 73.6 Å². The van der Waals surface area contributed by atoms with Crippen LogP contribution in [0.2, 0.25) is 0 Å². The van der Waals surface area contributed by atoms with E-state index in [4.69, 9.17) is 15.2 Å². The van der Waals surface area contributed by atoms with Gasteiger partial charge >= 0.3 is 12.1 Å². The van der Waals surface area contributed by atoms with Crippen LogP contribution < -0.4 is 11.1 Å². The van der Waals surface area contributed by atoms with Crippen LogP contribution in [0.15, 0.2) is 66.3 Å². The van der Waals surface area contributed by atoms with Gasteiger partial charge in [-0.1, -0.05) is 43.0 Å². The molecule has 3 rings (SSSR count). The number of fused-ring (bicyclic) bond motifs is 1. The number of benzene rings is 2. The molecule has 1 aliphatic heterocycles. The quantitative estimate of drug-likeness (QED) is 0.267. The largest absolute Gasteiger partial charge is 0.467 e. The zero-order valence-electron chi connectivity index (χ0n) is 21.5. The third-order valence-corrected chi connectivity index (χ3v) is 6.07. The Hall–Kier alpha value is -3.81. The lowest BCUT2D eigenvalue weighted by molar-refractivity contribution is -0.145. The molecule has 1 aliphatic rings. The number of carbonyl (C=O) groups is 2.